The van der Waals surface area contributed by atoms with E-state index in [1.807, 2.05) is 25.1 Å². The second-order valence-electron chi connectivity index (χ2n) is 4.74. The summed E-state index contributed by atoms with van der Waals surface area (Å²) in [7, 11) is 1.55. The van der Waals surface area contributed by atoms with Crippen LogP contribution in [0, 0.1) is 6.92 Å². The van der Waals surface area contributed by atoms with Gasteiger partial charge < -0.3 is 4.74 Å². The number of amides is 2. The predicted molar refractivity (Wildman–Crippen MR) is 81.3 cm³/mol. The number of carbonyl (C=O) groups is 2. The molecule has 1 aromatic heterocycles. The fourth-order valence-corrected chi connectivity index (χ4v) is 1.96. The van der Waals surface area contributed by atoms with Crippen LogP contribution in [0.1, 0.15) is 21.5 Å². The molecular weight excluding hydrogens is 282 g/mol. The Hall–Kier alpha value is -2.89. The number of ether oxygens (including phenoxy) is 1. The van der Waals surface area contributed by atoms with Crippen molar-refractivity contribution in [3.8, 4) is 5.75 Å². The molecule has 1 heterocycles. The maximum Gasteiger partial charge on any atom is 0.271 e. The lowest BCUT2D eigenvalue weighted by Gasteiger charge is -2.10. The third kappa shape index (κ3) is 4.05. The number of hydrazine groups is 1. The quantitative estimate of drug-likeness (QED) is 0.836. The van der Waals surface area contributed by atoms with Crippen LogP contribution in [0.25, 0.3) is 0 Å². The van der Waals surface area contributed by atoms with Gasteiger partial charge in [-0.2, -0.15) is 0 Å². The van der Waals surface area contributed by atoms with Crippen molar-refractivity contribution >= 4 is 11.8 Å². The van der Waals surface area contributed by atoms with Crippen molar-refractivity contribution in [1.29, 1.82) is 0 Å². The number of nitrogens with zero attached hydrogens (tertiary/aromatic N) is 1. The summed E-state index contributed by atoms with van der Waals surface area (Å²) >= 11 is 0. The highest BCUT2D eigenvalue weighted by Gasteiger charge is 2.11. The Labute approximate surface area is 128 Å². The number of rotatable bonds is 4. The molecule has 114 valence electrons. The van der Waals surface area contributed by atoms with Crippen LogP contribution in [0.3, 0.4) is 0 Å². The van der Waals surface area contributed by atoms with Crippen LogP contribution in [0.4, 0.5) is 0 Å². The number of aryl methyl sites for hydroxylation is 1. The lowest BCUT2D eigenvalue weighted by molar-refractivity contribution is -0.121. The van der Waals surface area contributed by atoms with E-state index in [0.29, 0.717) is 11.3 Å². The lowest BCUT2D eigenvalue weighted by Crippen LogP contribution is -2.42. The number of benzene rings is 1. The molecule has 2 rings (SSSR count). The van der Waals surface area contributed by atoms with E-state index in [0.717, 1.165) is 11.1 Å². The molecule has 2 aromatic rings. The van der Waals surface area contributed by atoms with E-state index in [-0.39, 0.29) is 12.3 Å². The summed E-state index contributed by atoms with van der Waals surface area (Å²) in [6.45, 7) is 1.94. The summed E-state index contributed by atoms with van der Waals surface area (Å²) < 4.78 is 5.22. The number of methoxy groups -OCH3 is 1. The maximum atomic E-state index is 11.9. The summed E-state index contributed by atoms with van der Waals surface area (Å²) in [6, 6.07) is 8.85. The minimum absolute atomic E-state index is 0.109. The van der Waals surface area contributed by atoms with Gasteiger partial charge in [0, 0.05) is 18.0 Å². The molecule has 0 atom stereocenters. The summed E-state index contributed by atoms with van der Waals surface area (Å²) in [5.74, 6) is -0.113. The van der Waals surface area contributed by atoms with E-state index in [1.54, 1.807) is 25.4 Å². The monoisotopic (exact) mass is 299 g/mol. The molecule has 2 N–H and O–H groups in total. The van der Waals surface area contributed by atoms with Gasteiger partial charge in [-0.25, -0.2) is 0 Å². The first kappa shape index (κ1) is 15.5. The summed E-state index contributed by atoms with van der Waals surface area (Å²) in [5.41, 5.74) is 6.89. The van der Waals surface area contributed by atoms with Gasteiger partial charge in [0.1, 0.15) is 5.75 Å². The van der Waals surface area contributed by atoms with Crippen LogP contribution in [0.5, 0.6) is 5.75 Å². The van der Waals surface area contributed by atoms with Gasteiger partial charge in [0.05, 0.1) is 19.1 Å². The molecule has 22 heavy (non-hydrogen) atoms. The molecule has 0 fully saturated rings. The smallest absolute Gasteiger partial charge is 0.271 e. The van der Waals surface area contributed by atoms with E-state index in [2.05, 4.69) is 15.8 Å². The van der Waals surface area contributed by atoms with E-state index >= 15 is 0 Å². The topological polar surface area (TPSA) is 80.3 Å². The molecule has 0 spiro atoms. The summed E-state index contributed by atoms with van der Waals surface area (Å²) in [5, 5.41) is 0. The van der Waals surface area contributed by atoms with Crippen molar-refractivity contribution in [2.75, 3.05) is 7.11 Å². The Morgan fingerprint density at radius 3 is 2.73 bits per heavy atom. The largest absolute Gasteiger partial charge is 0.496 e. The third-order valence-corrected chi connectivity index (χ3v) is 3.03. The first-order chi connectivity index (χ1) is 10.6. The standard InChI is InChI=1S/C16H17N3O3/c1-11-5-6-14(22-2)13(8-11)9-15(20)18-19-16(21)12-4-3-7-17-10-12/h3-8,10H,9H2,1-2H3,(H,18,20)(H,19,21). The molecule has 0 saturated heterocycles. The van der Waals surface area contributed by atoms with Gasteiger partial charge >= 0.3 is 0 Å². The van der Waals surface area contributed by atoms with E-state index in [4.69, 9.17) is 4.74 Å². The summed E-state index contributed by atoms with van der Waals surface area (Å²) in [4.78, 5) is 27.6. The van der Waals surface area contributed by atoms with Crippen molar-refractivity contribution in [1.82, 2.24) is 15.8 Å². The Bertz CT molecular complexity index is 672. The SMILES string of the molecule is COc1ccc(C)cc1CC(=O)NNC(=O)c1cccnc1. The zero-order chi connectivity index (χ0) is 15.9. The zero-order valence-electron chi connectivity index (χ0n) is 12.4. The van der Waals surface area contributed by atoms with Crippen LogP contribution in [0.15, 0.2) is 42.7 Å². The molecule has 0 saturated carbocycles. The minimum atomic E-state index is -0.419. The molecular formula is C16H17N3O3. The second kappa shape index (κ2) is 7.21. The molecule has 0 aliphatic carbocycles. The minimum Gasteiger partial charge on any atom is -0.496 e. The van der Waals surface area contributed by atoms with Crippen molar-refractivity contribution in [2.24, 2.45) is 0 Å². The maximum absolute atomic E-state index is 11.9. The molecule has 2 amide bonds. The number of carbonyl (C=O) groups excluding carboxylic acids is 2. The third-order valence-electron chi connectivity index (χ3n) is 3.03. The lowest BCUT2D eigenvalue weighted by atomic mass is 10.1. The van der Waals surface area contributed by atoms with E-state index in [9.17, 15) is 9.59 Å². The van der Waals surface area contributed by atoms with Crippen molar-refractivity contribution in [2.45, 2.75) is 13.3 Å². The van der Waals surface area contributed by atoms with Gasteiger partial charge in [0.2, 0.25) is 5.91 Å². The molecule has 6 heteroatoms. The molecule has 0 aliphatic rings. The number of hydrogen-bond acceptors (Lipinski definition) is 4. The van der Waals surface area contributed by atoms with Gasteiger partial charge in [-0.3, -0.25) is 25.4 Å². The van der Waals surface area contributed by atoms with Crippen molar-refractivity contribution in [3.05, 3.63) is 59.4 Å². The van der Waals surface area contributed by atoms with Gasteiger partial charge in [-0.05, 0) is 25.1 Å². The van der Waals surface area contributed by atoms with Crippen molar-refractivity contribution < 1.29 is 14.3 Å². The number of hydrogen-bond donors (Lipinski definition) is 2. The zero-order valence-corrected chi connectivity index (χ0v) is 12.4. The van der Waals surface area contributed by atoms with E-state index in [1.165, 1.54) is 6.20 Å². The van der Waals surface area contributed by atoms with Crippen LogP contribution in [-0.2, 0) is 11.2 Å². The fraction of sp³-hybridized carbons (Fsp3) is 0.188. The van der Waals surface area contributed by atoms with Crippen LogP contribution in [0.2, 0.25) is 0 Å². The summed E-state index contributed by atoms with van der Waals surface area (Å²) in [6.07, 6.45) is 3.10. The normalized spacial score (nSPS) is 9.91. The molecule has 0 unspecified atom stereocenters. The van der Waals surface area contributed by atoms with Crippen LogP contribution in [-0.4, -0.2) is 23.9 Å². The van der Waals surface area contributed by atoms with Crippen LogP contribution < -0.4 is 15.6 Å². The Morgan fingerprint density at radius 2 is 2.05 bits per heavy atom. The molecule has 6 nitrogen and oxygen atoms in total. The number of pyridine rings is 1. The highest BCUT2D eigenvalue weighted by atomic mass is 16.5. The van der Waals surface area contributed by atoms with Gasteiger partial charge in [-0.15, -0.1) is 0 Å². The number of nitrogens with one attached hydrogen (secondary N) is 2. The fourth-order valence-electron chi connectivity index (χ4n) is 1.96. The second-order valence-corrected chi connectivity index (χ2v) is 4.74. The van der Waals surface area contributed by atoms with Crippen LogP contribution >= 0.6 is 0 Å². The number of aromatic nitrogens is 1. The average Bonchev–Trinajstić information content (AvgIpc) is 2.53. The Kier molecular flexibility index (Phi) is 5.08. The van der Waals surface area contributed by atoms with Gasteiger partial charge in [-0.1, -0.05) is 17.7 Å². The highest BCUT2D eigenvalue weighted by Crippen LogP contribution is 2.19. The molecule has 0 aliphatic heterocycles. The molecule has 0 bridgehead atoms. The first-order valence-corrected chi connectivity index (χ1v) is 6.73. The van der Waals surface area contributed by atoms with Gasteiger partial charge in [0.25, 0.3) is 5.91 Å². The molecule has 1 aromatic carbocycles. The Morgan fingerprint density at radius 1 is 1.23 bits per heavy atom. The molecule has 0 radical (unpaired) electrons. The van der Waals surface area contributed by atoms with E-state index < -0.39 is 5.91 Å². The predicted octanol–water partition coefficient (Wildman–Crippen LogP) is 1.40. The first-order valence-electron chi connectivity index (χ1n) is 6.73. The van der Waals surface area contributed by atoms with Crippen molar-refractivity contribution in [3.63, 3.8) is 0 Å². The average molecular weight is 299 g/mol. The van der Waals surface area contributed by atoms with Gasteiger partial charge in [0.15, 0.2) is 0 Å². The Balaban J connectivity index is 1.94. The highest BCUT2D eigenvalue weighted by molar-refractivity contribution is 5.95.